The van der Waals surface area contributed by atoms with Gasteiger partial charge in [-0.15, -0.1) is 0 Å². The largest absolute Gasteiger partial charge is 0.359 e. The zero-order valence-corrected chi connectivity index (χ0v) is 12.1. The van der Waals surface area contributed by atoms with Crippen molar-refractivity contribution in [3.8, 4) is 0 Å². The van der Waals surface area contributed by atoms with E-state index in [0.717, 1.165) is 31.0 Å². The molecule has 1 fully saturated rings. The van der Waals surface area contributed by atoms with Crippen molar-refractivity contribution < 1.29 is 4.52 Å². The third-order valence-corrected chi connectivity index (χ3v) is 3.94. The Labute approximate surface area is 119 Å². The summed E-state index contributed by atoms with van der Waals surface area (Å²) >= 11 is 0. The zero-order chi connectivity index (χ0) is 13.9. The first-order valence-electron chi connectivity index (χ1n) is 7.33. The van der Waals surface area contributed by atoms with E-state index in [2.05, 4.69) is 41.0 Å². The van der Waals surface area contributed by atoms with Crippen molar-refractivity contribution in [1.82, 2.24) is 15.0 Å². The Morgan fingerprint density at radius 2 is 2.35 bits per heavy atom. The molecule has 3 rings (SSSR count). The molecular weight excluding hydrogens is 250 g/mol. The van der Waals surface area contributed by atoms with E-state index in [9.17, 15) is 0 Å². The summed E-state index contributed by atoms with van der Waals surface area (Å²) in [6.07, 6.45) is 6.11. The average Bonchev–Trinajstić information content (AvgIpc) is 3.08. The molecule has 2 aromatic heterocycles. The smallest absolute Gasteiger partial charge is 0.154 e. The fraction of sp³-hybridized carbons (Fsp3) is 0.500. The van der Waals surface area contributed by atoms with Gasteiger partial charge in [-0.1, -0.05) is 25.1 Å². The van der Waals surface area contributed by atoms with Gasteiger partial charge in [0.25, 0.3) is 0 Å². The third-order valence-electron chi connectivity index (χ3n) is 3.94. The van der Waals surface area contributed by atoms with Crippen LogP contribution in [-0.2, 0) is 6.54 Å². The molecule has 1 saturated heterocycles. The molecule has 0 N–H and O–H groups in total. The first kappa shape index (κ1) is 13.3. The van der Waals surface area contributed by atoms with E-state index in [1.165, 1.54) is 12.0 Å². The van der Waals surface area contributed by atoms with Gasteiger partial charge in [0.1, 0.15) is 0 Å². The fourth-order valence-electron chi connectivity index (χ4n) is 2.80. The molecular formula is C16H21N3O. The van der Waals surface area contributed by atoms with Gasteiger partial charge in [0.2, 0.25) is 0 Å². The van der Waals surface area contributed by atoms with Crippen LogP contribution in [-0.4, -0.2) is 21.6 Å². The van der Waals surface area contributed by atoms with Crippen LogP contribution >= 0.6 is 0 Å². The zero-order valence-electron chi connectivity index (χ0n) is 12.1. The van der Waals surface area contributed by atoms with Crippen molar-refractivity contribution in [3.63, 3.8) is 0 Å². The van der Waals surface area contributed by atoms with Gasteiger partial charge in [-0.2, -0.15) is 0 Å². The quantitative estimate of drug-likeness (QED) is 0.853. The van der Waals surface area contributed by atoms with Crippen LogP contribution < -0.4 is 0 Å². The molecule has 0 aromatic carbocycles. The summed E-state index contributed by atoms with van der Waals surface area (Å²) in [5.41, 5.74) is 2.30. The number of hydrogen-bond acceptors (Lipinski definition) is 4. The van der Waals surface area contributed by atoms with Gasteiger partial charge in [0.05, 0.1) is 11.7 Å². The summed E-state index contributed by atoms with van der Waals surface area (Å²) in [5, 5.41) is 4.19. The Kier molecular flexibility index (Phi) is 3.83. The lowest BCUT2D eigenvalue weighted by Gasteiger charge is -2.22. The highest BCUT2D eigenvalue weighted by atomic mass is 16.5. The Balaban J connectivity index is 1.74. The second-order valence-corrected chi connectivity index (χ2v) is 5.80. The van der Waals surface area contributed by atoms with Gasteiger partial charge < -0.3 is 4.52 Å². The lowest BCUT2D eigenvalue weighted by atomic mass is 10.1. The summed E-state index contributed by atoms with van der Waals surface area (Å²) in [6.45, 7) is 6.32. The monoisotopic (exact) mass is 271 g/mol. The van der Waals surface area contributed by atoms with Gasteiger partial charge in [0, 0.05) is 25.0 Å². The number of hydrogen-bond donors (Lipinski definition) is 0. The highest BCUT2D eigenvalue weighted by molar-refractivity contribution is 5.15. The van der Waals surface area contributed by atoms with Crippen molar-refractivity contribution >= 4 is 0 Å². The van der Waals surface area contributed by atoms with Crippen LogP contribution in [0, 0.1) is 0 Å². The lowest BCUT2D eigenvalue weighted by molar-refractivity contribution is 0.206. The normalized spacial score (nSPS) is 19.9. The summed E-state index contributed by atoms with van der Waals surface area (Å²) in [4.78, 5) is 6.65. The number of nitrogens with zero attached hydrogens (tertiary/aromatic N) is 3. The Bertz CT molecular complexity index is 550. The molecule has 0 saturated carbocycles. The summed E-state index contributed by atoms with van der Waals surface area (Å²) in [5.74, 6) is 1.43. The maximum absolute atomic E-state index is 5.57. The van der Waals surface area contributed by atoms with E-state index in [1.807, 2.05) is 18.5 Å². The number of aromatic nitrogens is 2. The minimum Gasteiger partial charge on any atom is -0.359 e. The summed E-state index contributed by atoms with van der Waals surface area (Å²) in [7, 11) is 0. The standard InChI is InChI=1S/C16H21N3O/c1-12(2)14-9-16(20-18-14)15-6-4-8-19(15)11-13-5-3-7-17-10-13/h3,5,7,9-10,12,15H,4,6,8,11H2,1-2H3. The SMILES string of the molecule is CC(C)c1cc(C2CCCN2Cc2cccnc2)on1. The van der Waals surface area contributed by atoms with Crippen LogP contribution in [0.5, 0.6) is 0 Å². The summed E-state index contributed by atoms with van der Waals surface area (Å²) < 4.78 is 5.57. The van der Waals surface area contributed by atoms with Crippen LogP contribution in [0.1, 0.15) is 55.7 Å². The molecule has 3 heterocycles. The molecule has 0 aliphatic carbocycles. The molecule has 0 radical (unpaired) electrons. The van der Waals surface area contributed by atoms with E-state index in [4.69, 9.17) is 4.52 Å². The topological polar surface area (TPSA) is 42.2 Å². The van der Waals surface area contributed by atoms with Crippen LogP contribution in [0.25, 0.3) is 0 Å². The van der Waals surface area contributed by atoms with Crippen LogP contribution in [0.4, 0.5) is 0 Å². The molecule has 4 heteroatoms. The van der Waals surface area contributed by atoms with E-state index < -0.39 is 0 Å². The molecule has 1 atom stereocenters. The Morgan fingerprint density at radius 3 is 3.05 bits per heavy atom. The summed E-state index contributed by atoms with van der Waals surface area (Å²) in [6, 6.07) is 6.60. The van der Waals surface area contributed by atoms with Gasteiger partial charge in [-0.3, -0.25) is 9.88 Å². The molecule has 1 aliphatic rings. The van der Waals surface area contributed by atoms with E-state index in [1.54, 1.807) is 0 Å². The predicted molar refractivity (Wildman–Crippen MR) is 77.2 cm³/mol. The highest BCUT2D eigenvalue weighted by Gasteiger charge is 2.29. The molecule has 0 amide bonds. The van der Waals surface area contributed by atoms with Gasteiger partial charge >= 0.3 is 0 Å². The second-order valence-electron chi connectivity index (χ2n) is 5.80. The minimum absolute atomic E-state index is 0.357. The van der Waals surface area contributed by atoms with Crippen LogP contribution in [0.15, 0.2) is 35.1 Å². The molecule has 2 aromatic rings. The van der Waals surface area contributed by atoms with Crippen LogP contribution in [0.3, 0.4) is 0 Å². The number of pyridine rings is 1. The average molecular weight is 271 g/mol. The first-order chi connectivity index (χ1) is 9.74. The number of rotatable bonds is 4. The highest BCUT2D eigenvalue weighted by Crippen LogP contribution is 2.34. The first-order valence-corrected chi connectivity index (χ1v) is 7.33. The van der Waals surface area contributed by atoms with Gasteiger partial charge in [-0.05, 0) is 36.9 Å². The lowest BCUT2D eigenvalue weighted by Crippen LogP contribution is -2.22. The molecule has 4 nitrogen and oxygen atoms in total. The minimum atomic E-state index is 0.357. The molecule has 1 unspecified atom stereocenters. The molecule has 106 valence electrons. The van der Waals surface area contributed by atoms with Crippen molar-refractivity contribution in [2.24, 2.45) is 0 Å². The second kappa shape index (κ2) is 5.75. The van der Waals surface area contributed by atoms with Gasteiger partial charge in [-0.25, -0.2) is 0 Å². The predicted octanol–water partition coefficient (Wildman–Crippen LogP) is 3.53. The van der Waals surface area contributed by atoms with Crippen molar-refractivity contribution in [3.05, 3.63) is 47.6 Å². The fourth-order valence-corrected chi connectivity index (χ4v) is 2.80. The van der Waals surface area contributed by atoms with Crippen molar-refractivity contribution in [2.45, 2.75) is 45.2 Å². The van der Waals surface area contributed by atoms with E-state index in [-0.39, 0.29) is 0 Å². The Morgan fingerprint density at radius 1 is 1.45 bits per heavy atom. The molecule has 1 aliphatic heterocycles. The van der Waals surface area contributed by atoms with Gasteiger partial charge in [0.15, 0.2) is 5.76 Å². The maximum Gasteiger partial charge on any atom is 0.154 e. The molecule has 0 spiro atoms. The van der Waals surface area contributed by atoms with Crippen molar-refractivity contribution in [1.29, 1.82) is 0 Å². The third kappa shape index (κ3) is 2.75. The maximum atomic E-state index is 5.57. The molecule has 0 bridgehead atoms. The van der Waals surface area contributed by atoms with Crippen LogP contribution in [0.2, 0.25) is 0 Å². The van der Waals surface area contributed by atoms with Crippen molar-refractivity contribution in [2.75, 3.05) is 6.54 Å². The molecule has 20 heavy (non-hydrogen) atoms. The van der Waals surface area contributed by atoms with E-state index in [0.29, 0.717) is 12.0 Å². The Hall–Kier alpha value is -1.68. The number of likely N-dealkylation sites (tertiary alicyclic amines) is 1. The van der Waals surface area contributed by atoms with E-state index >= 15 is 0 Å².